The predicted molar refractivity (Wildman–Crippen MR) is 174 cm³/mol. The summed E-state index contributed by atoms with van der Waals surface area (Å²) >= 11 is 1.51. The summed E-state index contributed by atoms with van der Waals surface area (Å²) in [5.41, 5.74) is 3.02. The minimum absolute atomic E-state index is 0.351. The monoisotopic (exact) mass is 644 g/mol. The topological polar surface area (TPSA) is 163 Å². The summed E-state index contributed by atoms with van der Waals surface area (Å²) in [7, 11) is 0. The van der Waals surface area contributed by atoms with Crippen molar-refractivity contribution >= 4 is 39.0 Å². The molecule has 0 radical (unpaired) electrons. The first kappa shape index (κ1) is 30.7. The van der Waals surface area contributed by atoms with E-state index in [0.717, 1.165) is 39.7 Å². The van der Waals surface area contributed by atoms with E-state index in [1.165, 1.54) is 23.5 Å². The Kier molecular flexibility index (Phi) is 7.59. The van der Waals surface area contributed by atoms with Crippen LogP contribution in [-0.4, -0.2) is 78.7 Å². The molecule has 1 aliphatic heterocycles. The molecule has 2 saturated carbocycles. The smallest absolute Gasteiger partial charge is 0.224 e. The summed E-state index contributed by atoms with van der Waals surface area (Å²) < 4.78 is 14.6. The molecule has 240 valence electrons. The molecule has 0 bridgehead atoms. The van der Waals surface area contributed by atoms with Gasteiger partial charge in [0.2, 0.25) is 5.95 Å². The van der Waals surface area contributed by atoms with Gasteiger partial charge in [-0.3, -0.25) is 4.98 Å². The van der Waals surface area contributed by atoms with Crippen molar-refractivity contribution in [3.05, 3.63) is 53.2 Å². The fraction of sp³-hybridized carbons (Fsp3) is 0.485. The molecule has 46 heavy (non-hydrogen) atoms. The number of nitrogens with one attached hydrogen (secondary N) is 2. The standard InChI is InChI=1S/C33H37FN8O3S/c1-15-26(31-40-27-16(2)36-8-7-25(27)46-31)30(39-23-10-22(33(3,4)45)28(43)29(23)44)41-32(38-15)37-12-19-20-13-42(14-21(19)20)24-6-5-18(34)9-17(24)11-35/h5-9,19-23,28-29,43-45H,10,12-14H2,1-4H3,(H2,37,38,39,41)/t19?,20-,21?,22-,23+,28+,29-/m0/s1. The Labute approximate surface area is 270 Å². The largest absolute Gasteiger partial charge is 0.390 e. The highest BCUT2D eigenvalue weighted by Gasteiger charge is 2.55. The van der Waals surface area contributed by atoms with Gasteiger partial charge in [0.05, 0.1) is 50.6 Å². The molecule has 3 aliphatic rings. The second-order valence-electron chi connectivity index (χ2n) is 13.4. The van der Waals surface area contributed by atoms with Crippen LogP contribution >= 0.6 is 11.3 Å². The maximum absolute atomic E-state index is 13.7. The minimum Gasteiger partial charge on any atom is -0.390 e. The quantitative estimate of drug-likeness (QED) is 0.189. The summed E-state index contributed by atoms with van der Waals surface area (Å²) in [5.74, 6) is 1.34. The van der Waals surface area contributed by atoms with Gasteiger partial charge in [-0.1, -0.05) is 0 Å². The van der Waals surface area contributed by atoms with E-state index in [-0.39, 0.29) is 0 Å². The van der Waals surface area contributed by atoms with Crippen LogP contribution in [0.4, 0.5) is 21.8 Å². The number of pyridine rings is 1. The number of aliphatic hydroxyl groups is 3. The third-order valence-corrected chi connectivity index (χ3v) is 11.0. The summed E-state index contributed by atoms with van der Waals surface area (Å²) in [5, 5.41) is 49.4. The number of hydrogen-bond acceptors (Lipinski definition) is 12. The molecule has 5 N–H and O–H groups in total. The molecule has 11 nitrogen and oxygen atoms in total. The Morgan fingerprint density at radius 2 is 1.85 bits per heavy atom. The van der Waals surface area contributed by atoms with Crippen molar-refractivity contribution in [2.45, 2.75) is 58.0 Å². The molecule has 4 heterocycles. The van der Waals surface area contributed by atoms with Gasteiger partial charge in [0.15, 0.2) is 0 Å². The van der Waals surface area contributed by atoms with E-state index in [4.69, 9.17) is 15.0 Å². The van der Waals surface area contributed by atoms with Crippen molar-refractivity contribution in [3.8, 4) is 16.6 Å². The van der Waals surface area contributed by atoms with Gasteiger partial charge in [-0.15, -0.1) is 11.3 Å². The van der Waals surface area contributed by atoms with Gasteiger partial charge >= 0.3 is 0 Å². The van der Waals surface area contributed by atoms with Gasteiger partial charge in [-0.2, -0.15) is 10.2 Å². The van der Waals surface area contributed by atoms with Crippen LogP contribution in [0, 0.1) is 54.7 Å². The molecular formula is C33H37FN8O3S. The fourth-order valence-electron chi connectivity index (χ4n) is 7.39. The SMILES string of the molecule is Cc1nc(NCC2C3CN(c4ccc(F)cc4C#N)C[C@@H]23)nc(N[C@@H]2C[C@H](C(C)(C)O)[C@@H](O)[C@H]2O)c1-c1nc2c(C)nccc2s1. The number of halogens is 1. The molecule has 13 heteroatoms. The fourth-order valence-corrected chi connectivity index (χ4v) is 8.50. The minimum atomic E-state index is -1.17. The third kappa shape index (κ3) is 5.43. The number of aliphatic hydroxyl groups excluding tert-OH is 2. The van der Waals surface area contributed by atoms with E-state index in [1.54, 1.807) is 26.1 Å². The van der Waals surface area contributed by atoms with E-state index < -0.39 is 35.6 Å². The lowest BCUT2D eigenvalue weighted by Crippen LogP contribution is -2.40. The number of rotatable bonds is 8. The van der Waals surface area contributed by atoms with E-state index in [0.29, 0.717) is 59.3 Å². The van der Waals surface area contributed by atoms with Gasteiger partial charge in [-0.25, -0.2) is 14.4 Å². The van der Waals surface area contributed by atoms with E-state index >= 15 is 0 Å². The second kappa shape index (κ2) is 11.4. The lowest BCUT2D eigenvalue weighted by atomic mass is 9.88. The van der Waals surface area contributed by atoms with Crippen LogP contribution in [0.2, 0.25) is 0 Å². The number of thiazole rings is 1. The van der Waals surface area contributed by atoms with Crippen LogP contribution in [0.1, 0.15) is 37.2 Å². The van der Waals surface area contributed by atoms with Gasteiger partial charge in [0, 0.05) is 31.7 Å². The summed E-state index contributed by atoms with van der Waals surface area (Å²) in [6.07, 6.45) is -0.0832. The Morgan fingerprint density at radius 1 is 1.09 bits per heavy atom. The lowest BCUT2D eigenvalue weighted by Gasteiger charge is -2.28. The normalized spacial score (nSPS) is 27.1. The van der Waals surface area contributed by atoms with Crippen LogP contribution in [0.3, 0.4) is 0 Å². The third-order valence-electron chi connectivity index (χ3n) is 9.99. The zero-order valence-corrected chi connectivity index (χ0v) is 26.9. The highest BCUT2D eigenvalue weighted by atomic mass is 32.1. The zero-order chi connectivity index (χ0) is 32.5. The van der Waals surface area contributed by atoms with Gasteiger partial charge in [-0.05, 0) is 76.1 Å². The van der Waals surface area contributed by atoms with Gasteiger partial charge in [0.25, 0.3) is 0 Å². The molecule has 7 atom stereocenters. The maximum atomic E-state index is 13.7. The highest BCUT2D eigenvalue weighted by Crippen LogP contribution is 2.53. The van der Waals surface area contributed by atoms with Crippen LogP contribution in [0.25, 0.3) is 20.8 Å². The number of piperidine rings is 1. The first-order valence-corrected chi connectivity index (χ1v) is 16.4. The zero-order valence-electron chi connectivity index (χ0n) is 26.1. The molecule has 7 rings (SSSR count). The molecule has 1 saturated heterocycles. The lowest BCUT2D eigenvalue weighted by molar-refractivity contribution is -0.0601. The van der Waals surface area contributed by atoms with Crippen molar-refractivity contribution in [1.82, 2.24) is 19.9 Å². The number of fused-ring (bicyclic) bond motifs is 2. The molecule has 3 fully saturated rings. The van der Waals surface area contributed by atoms with Crippen molar-refractivity contribution in [2.24, 2.45) is 23.7 Å². The number of aryl methyl sites for hydroxylation is 2. The Bertz CT molecular complexity index is 1840. The van der Waals surface area contributed by atoms with Gasteiger partial charge in [0.1, 0.15) is 34.3 Å². The molecule has 2 unspecified atom stereocenters. The van der Waals surface area contributed by atoms with E-state index in [9.17, 15) is 25.0 Å². The average Bonchev–Trinajstić information content (AvgIpc) is 3.33. The Balaban J connectivity index is 1.12. The molecule has 0 spiro atoms. The average molecular weight is 645 g/mol. The molecule has 1 aromatic carbocycles. The van der Waals surface area contributed by atoms with E-state index in [1.807, 2.05) is 19.9 Å². The molecule has 4 aromatic rings. The number of benzene rings is 1. The second-order valence-corrected chi connectivity index (χ2v) is 14.4. The number of nitrogens with zero attached hydrogens (tertiary/aromatic N) is 6. The summed E-state index contributed by atoms with van der Waals surface area (Å²) in [6.45, 7) is 9.40. The molecule has 0 amide bonds. The predicted octanol–water partition coefficient (Wildman–Crippen LogP) is 3.86. The van der Waals surface area contributed by atoms with Gasteiger partial charge < -0.3 is 30.9 Å². The highest BCUT2D eigenvalue weighted by molar-refractivity contribution is 7.21. The number of nitriles is 1. The summed E-state index contributed by atoms with van der Waals surface area (Å²) in [6, 6.07) is 7.86. The Morgan fingerprint density at radius 3 is 2.52 bits per heavy atom. The van der Waals surface area contributed by atoms with Crippen LogP contribution < -0.4 is 15.5 Å². The van der Waals surface area contributed by atoms with E-state index in [2.05, 4.69) is 26.6 Å². The van der Waals surface area contributed by atoms with Crippen molar-refractivity contribution in [3.63, 3.8) is 0 Å². The number of hydrogen-bond donors (Lipinski definition) is 5. The van der Waals surface area contributed by atoms with Crippen LogP contribution in [-0.2, 0) is 0 Å². The maximum Gasteiger partial charge on any atom is 0.224 e. The van der Waals surface area contributed by atoms with Crippen LogP contribution in [0.5, 0.6) is 0 Å². The van der Waals surface area contributed by atoms with Crippen LogP contribution in [0.15, 0.2) is 30.5 Å². The first-order valence-electron chi connectivity index (χ1n) is 15.6. The van der Waals surface area contributed by atoms with Crippen molar-refractivity contribution < 1.29 is 19.7 Å². The summed E-state index contributed by atoms with van der Waals surface area (Å²) in [4.78, 5) is 21.1. The number of aromatic nitrogens is 4. The molecule has 2 aliphatic carbocycles. The number of anilines is 3. The Hall–Kier alpha value is -3.96. The molecule has 3 aromatic heterocycles. The first-order chi connectivity index (χ1) is 21.9. The van der Waals surface area contributed by atoms with Crippen molar-refractivity contribution in [2.75, 3.05) is 35.2 Å². The van der Waals surface area contributed by atoms with Crippen molar-refractivity contribution in [1.29, 1.82) is 5.26 Å². The molecular weight excluding hydrogens is 607 g/mol.